The van der Waals surface area contributed by atoms with Crippen LogP contribution in [0.25, 0.3) is 0 Å². The molecule has 1 atom stereocenters. The van der Waals surface area contributed by atoms with E-state index in [4.69, 9.17) is 5.73 Å². The molecule has 1 aromatic rings. The predicted molar refractivity (Wildman–Crippen MR) is 103 cm³/mol. The van der Waals surface area contributed by atoms with Gasteiger partial charge in [0.1, 0.15) is 0 Å². The third kappa shape index (κ3) is 5.41. The molecule has 1 heterocycles. The Labute approximate surface area is 165 Å². The number of amides is 1. The second-order valence-electron chi connectivity index (χ2n) is 6.25. The summed E-state index contributed by atoms with van der Waals surface area (Å²) in [5.74, 6) is -1.07. The number of hydrogen-bond acceptors (Lipinski definition) is 6. The Morgan fingerprint density at radius 3 is 2.67 bits per heavy atom. The zero-order valence-electron chi connectivity index (χ0n) is 15.4. The molecule has 8 nitrogen and oxygen atoms in total. The van der Waals surface area contributed by atoms with Gasteiger partial charge in [0, 0.05) is 26.2 Å². The number of aryl methyl sites for hydroxylation is 1. The van der Waals surface area contributed by atoms with Crippen LogP contribution < -0.4 is 11.1 Å². The van der Waals surface area contributed by atoms with Crippen LogP contribution in [0.2, 0.25) is 0 Å². The van der Waals surface area contributed by atoms with Crippen LogP contribution in [0, 0.1) is 12.8 Å². The highest BCUT2D eigenvalue weighted by molar-refractivity contribution is 7.89. The summed E-state index contributed by atoms with van der Waals surface area (Å²) in [6.07, 6.45) is 1.25. The van der Waals surface area contributed by atoms with E-state index >= 15 is 0 Å². The number of methoxy groups -OCH3 is 1. The molecule has 1 aliphatic heterocycles. The number of nitrogens with zero attached hydrogens (tertiary/aromatic N) is 1. The summed E-state index contributed by atoms with van der Waals surface area (Å²) in [7, 11) is -2.47. The minimum absolute atomic E-state index is 0. The van der Waals surface area contributed by atoms with Gasteiger partial charge in [-0.1, -0.05) is 0 Å². The van der Waals surface area contributed by atoms with Gasteiger partial charge in [-0.05, 0) is 43.5 Å². The number of carbonyl (C=O) groups is 2. The number of benzene rings is 1. The maximum absolute atomic E-state index is 12.9. The van der Waals surface area contributed by atoms with Crippen LogP contribution in [0.15, 0.2) is 23.1 Å². The van der Waals surface area contributed by atoms with Crippen molar-refractivity contribution in [2.75, 3.05) is 33.3 Å². The van der Waals surface area contributed by atoms with E-state index in [-0.39, 0.29) is 35.7 Å². The number of ether oxygens (including phenoxy) is 1. The number of piperidine rings is 1. The number of nitrogens with one attached hydrogen (secondary N) is 1. The van der Waals surface area contributed by atoms with Crippen molar-refractivity contribution in [3.05, 3.63) is 29.3 Å². The minimum Gasteiger partial charge on any atom is -0.465 e. The second-order valence-corrected chi connectivity index (χ2v) is 8.19. The molecule has 1 saturated heterocycles. The van der Waals surface area contributed by atoms with Crippen molar-refractivity contribution < 1.29 is 22.7 Å². The molecule has 1 fully saturated rings. The number of sulfonamides is 1. The third-order valence-corrected chi connectivity index (χ3v) is 6.30. The molecule has 0 aliphatic carbocycles. The number of esters is 1. The average Bonchev–Trinajstić information content (AvgIpc) is 2.65. The fraction of sp³-hybridized carbons (Fsp3) is 0.529. The molecule has 1 amide bonds. The zero-order chi connectivity index (χ0) is 19.3. The molecule has 0 spiro atoms. The number of nitrogens with two attached hydrogens (primary N) is 1. The Morgan fingerprint density at radius 1 is 1.37 bits per heavy atom. The minimum atomic E-state index is -3.74. The van der Waals surface area contributed by atoms with Crippen molar-refractivity contribution in [3.63, 3.8) is 0 Å². The lowest BCUT2D eigenvalue weighted by atomic mass is 9.99. The first kappa shape index (κ1) is 23.4. The van der Waals surface area contributed by atoms with Gasteiger partial charge in [-0.15, -0.1) is 12.4 Å². The molecule has 0 saturated carbocycles. The Morgan fingerprint density at radius 2 is 2.07 bits per heavy atom. The average molecular weight is 420 g/mol. The van der Waals surface area contributed by atoms with Crippen molar-refractivity contribution in [3.8, 4) is 0 Å². The number of rotatable bonds is 6. The van der Waals surface area contributed by atoms with E-state index in [1.165, 1.54) is 29.6 Å². The second kappa shape index (κ2) is 10.0. The summed E-state index contributed by atoms with van der Waals surface area (Å²) in [6, 6.07) is 4.30. The van der Waals surface area contributed by atoms with Gasteiger partial charge in [0.05, 0.1) is 23.5 Å². The van der Waals surface area contributed by atoms with Crippen molar-refractivity contribution in [1.82, 2.24) is 9.62 Å². The van der Waals surface area contributed by atoms with Crippen molar-refractivity contribution in [1.29, 1.82) is 0 Å². The summed E-state index contributed by atoms with van der Waals surface area (Å²) in [5, 5.41) is 2.71. The standard InChI is InChI=1S/C17H25N3O5S.ClH/c1-12-10-14(5-6-15(12)17(22)25-2)26(23,24)20-9-3-4-13(11-20)16(21)19-8-7-18;/h5-6,10,13H,3-4,7-9,11,18H2,1-2H3,(H,19,21);1H. The van der Waals surface area contributed by atoms with Crippen LogP contribution in [0.1, 0.15) is 28.8 Å². The van der Waals surface area contributed by atoms with Crippen molar-refractivity contribution in [2.24, 2.45) is 11.7 Å². The molecule has 10 heteroatoms. The van der Waals surface area contributed by atoms with E-state index in [1.807, 2.05) is 0 Å². The Balaban J connectivity index is 0.00000364. The summed E-state index contributed by atoms with van der Waals surface area (Å²) < 4.78 is 31.9. The lowest BCUT2D eigenvalue weighted by Crippen LogP contribution is -2.46. The Kier molecular flexibility index (Phi) is 8.67. The molecule has 1 aliphatic rings. The molecule has 0 radical (unpaired) electrons. The van der Waals surface area contributed by atoms with E-state index in [9.17, 15) is 18.0 Å². The van der Waals surface area contributed by atoms with Gasteiger partial charge in [-0.25, -0.2) is 13.2 Å². The number of hydrogen-bond donors (Lipinski definition) is 2. The van der Waals surface area contributed by atoms with Crippen LogP contribution in [0.4, 0.5) is 0 Å². The maximum atomic E-state index is 12.9. The Bertz CT molecular complexity index is 785. The lowest BCUT2D eigenvalue weighted by Gasteiger charge is -2.31. The monoisotopic (exact) mass is 419 g/mol. The molecule has 1 unspecified atom stereocenters. The molecular weight excluding hydrogens is 394 g/mol. The van der Waals surface area contributed by atoms with Crippen LogP contribution in [0.3, 0.4) is 0 Å². The predicted octanol–water partition coefficient (Wildman–Crippen LogP) is 0.679. The largest absolute Gasteiger partial charge is 0.465 e. The fourth-order valence-electron chi connectivity index (χ4n) is 3.00. The molecule has 1 aromatic carbocycles. The quantitative estimate of drug-likeness (QED) is 0.654. The maximum Gasteiger partial charge on any atom is 0.338 e. The van der Waals surface area contributed by atoms with Crippen LogP contribution in [-0.2, 0) is 19.6 Å². The zero-order valence-corrected chi connectivity index (χ0v) is 17.1. The van der Waals surface area contributed by atoms with Crippen molar-refractivity contribution >= 4 is 34.3 Å². The smallest absolute Gasteiger partial charge is 0.338 e. The van der Waals surface area contributed by atoms with Crippen molar-refractivity contribution in [2.45, 2.75) is 24.7 Å². The van der Waals surface area contributed by atoms with E-state index in [0.29, 0.717) is 43.6 Å². The first-order chi connectivity index (χ1) is 12.3. The molecular formula is C17H26ClN3O5S. The van der Waals surface area contributed by atoms with Crippen LogP contribution >= 0.6 is 12.4 Å². The van der Waals surface area contributed by atoms with Gasteiger partial charge in [-0.3, -0.25) is 4.79 Å². The van der Waals surface area contributed by atoms with Gasteiger partial charge < -0.3 is 15.8 Å². The molecule has 3 N–H and O–H groups in total. The highest BCUT2D eigenvalue weighted by Crippen LogP contribution is 2.25. The molecule has 0 bridgehead atoms. The summed E-state index contributed by atoms with van der Waals surface area (Å²) in [5.41, 5.74) is 6.23. The first-order valence-corrected chi connectivity index (χ1v) is 9.92. The van der Waals surface area contributed by atoms with Gasteiger partial charge in [0.25, 0.3) is 0 Å². The highest BCUT2D eigenvalue weighted by atomic mass is 35.5. The topological polar surface area (TPSA) is 119 Å². The highest BCUT2D eigenvalue weighted by Gasteiger charge is 2.33. The molecule has 2 rings (SSSR count). The SMILES string of the molecule is COC(=O)c1ccc(S(=O)(=O)N2CCCC(C(=O)NCCN)C2)cc1C.Cl. The summed E-state index contributed by atoms with van der Waals surface area (Å²) in [4.78, 5) is 23.9. The van der Waals surface area contributed by atoms with E-state index in [2.05, 4.69) is 10.1 Å². The van der Waals surface area contributed by atoms with Crippen LogP contribution in [0.5, 0.6) is 0 Å². The van der Waals surface area contributed by atoms with Gasteiger partial charge in [0.2, 0.25) is 15.9 Å². The molecule has 0 aromatic heterocycles. The van der Waals surface area contributed by atoms with E-state index < -0.39 is 16.0 Å². The van der Waals surface area contributed by atoms with E-state index in [0.717, 1.165) is 0 Å². The first-order valence-electron chi connectivity index (χ1n) is 8.48. The Hall–Kier alpha value is -1.68. The number of carbonyl (C=O) groups excluding carboxylic acids is 2. The lowest BCUT2D eigenvalue weighted by molar-refractivity contribution is -0.126. The summed E-state index contributed by atoms with van der Waals surface area (Å²) in [6.45, 7) is 2.87. The van der Waals surface area contributed by atoms with Crippen LogP contribution in [-0.4, -0.2) is 57.9 Å². The van der Waals surface area contributed by atoms with Gasteiger partial charge in [0.15, 0.2) is 0 Å². The summed E-state index contributed by atoms with van der Waals surface area (Å²) >= 11 is 0. The van der Waals surface area contributed by atoms with Gasteiger partial charge >= 0.3 is 5.97 Å². The molecule has 27 heavy (non-hydrogen) atoms. The molecule has 152 valence electrons. The van der Waals surface area contributed by atoms with E-state index in [1.54, 1.807) is 6.92 Å². The fourth-order valence-corrected chi connectivity index (χ4v) is 4.61. The number of halogens is 1. The van der Waals surface area contributed by atoms with Gasteiger partial charge in [-0.2, -0.15) is 4.31 Å². The third-order valence-electron chi connectivity index (χ3n) is 4.44. The normalized spacial score (nSPS) is 17.7.